The number of esters is 1. The van der Waals surface area contributed by atoms with Gasteiger partial charge >= 0.3 is 5.97 Å². The van der Waals surface area contributed by atoms with Crippen LogP contribution in [0, 0.1) is 19.8 Å². The number of benzene rings is 3. The molecule has 3 aromatic carbocycles. The molecule has 1 aliphatic rings. The first-order valence-electron chi connectivity index (χ1n) is 11.8. The molecule has 186 valence electrons. The molecule has 1 saturated heterocycles. The van der Waals surface area contributed by atoms with Crippen LogP contribution in [0.4, 0.5) is 5.69 Å². The van der Waals surface area contributed by atoms with E-state index in [0.717, 1.165) is 11.3 Å². The van der Waals surface area contributed by atoms with E-state index in [1.807, 2.05) is 32.0 Å². The van der Waals surface area contributed by atoms with Gasteiger partial charge < -0.3 is 19.1 Å². The molecule has 0 spiro atoms. The number of Topliss-reactive ketones (excluding diaryl/α,β-unsaturated/α-hetero) is 1. The minimum atomic E-state index is -0.961. The summed E-state index contributed by atoms with van der Waals surface area (Å²) in [6.07, 6.45) is -0.930. The lowest BCUT2D eigenvalue weighted by Crippen LogP contribution is -2.30. The summed E-state index contributed by atoms with van der Waals surface area (Å²) in [4.78, 5) is 39.6. The lowest BCUT2D eigenvalue weighted by atomic mass is 10.1. The standard InChI is InChI=1S/C29H29NO6/c1-18-5-10-26(15-19(18)2)36-25-13-8-23(9-14-25)30-17-22(16-27(30)31)29(33)35-20(3)28(32)21-6-11-24(34-4)12-7-21/h5-15,20,22H,16-17H2,1-4H3/t20-,22-/m1/s1. The molecule has 1 amide bonds. The van der Waals surface area contributed by atoms with E-state index in [2.05, 4.69) is 0 Å². The van der Waals surface area contributed by atoms with Crippen LogP contribution in [0.2, 0.25) is 0 Å². The second-order valence-electron chi connectivity index (χ2n) is 8.92. The van der Waals surface area contributed by atoms with Gasteiger partial charge in [0.05, 0.1) is 13.0 Å². The van der Waals surface area contributed by atoms with Gasteiger partial charge in [-0.1, -0.05) is 6.07 Å². The summed E-state index contributed by atoms with van der Waals surface area (Å²) >= 11 is 0. The summed E-state index contributed by atoms with van der Waals surface area (Å²) in [5, 5.41) is 0. The van der Waals surface area contributed by atoms with Gasteiger partial charge in [-0.3, -0.25) is 14.4 Å². The fraction of sp³-hybridized carbons (Fsp3) is 0.276. The second kappa shape index (κ2) is 10.6. The number of hydrogen-bond acceptors (Lipinski definition) is 6. The number of carbonyl (C=O) groups excluding carboxylic acids is 3. The highest BCUT2D eigenvalue weighted by atomic mass is 16.5. The van der Waals surface area contributed by atoms with Gasteiger partial charge in [0.2, 0.25) is 11.7 Å². The molecule has 7 heteroatoms. The van der Waals surface area contributed by atoms with Crippen molar-refractivity contribution in [3.8, 4) is 17.2 Å². The van der Waals surface area contributed by atoms with Crippen LogP contribution in [0.3, 0.4) is 0 Å². The van der Waals surface area contributed by atoms with E-state index in [0.29, 0.717) is 22.7 Å². The first-order valence-corrected chi connectivity index (χ1v) is 11.8. The number of ketones is 1. The molecule has 2 atom stereocenters. The number of hydrogen-bond donors (Lipinski definition) is 0. The Labute approximate surface area is 210 Å². The van der Waals surface area contributed by atoms with Crippen LogP contribution in [0.25, 0.3) is 0 Å². The highest BCUT2D eigenvalue weighted by molar-refractivity contribution is 6.02. The summed E-state index contributed by atoms with van der Waals surface area (Å²) < 4.78 is 16.4. The highest BCUT2D eigenvalue weighted by Gasteiger charge is 2.37. The van der Waals surface area contributed by atoms with E-state index in [4.69, 9.17) is 14.2 Å². The van der Waals surface area contributed by atoms with Crippen molar-refractivity contribution in [1.29, 1.82) is 0 Å². The third-order valence-electron chi connectivity index (χ3n) is 6.36. The molecular formula is C29H29NO6. The fourth-order valence-corrected chi connectivity index (χ4v) is 4.04. The van der Waals surface area contributed by atoms with Crippen LogP contribution in [-0.2, 0) is 14.3 Å². The lowest BCUT2D eigenvalue weighted by Gasteiger charge is -2.18. The molecular weight excluding hydrogens is 458 g/mol. The Bertz CT molecular complexity index is 1270. The van der Waals surface area contributed by atoms with Crippen molar-refractivity contribution >= 4 is 23.3 Å². The number of anilines is 1. The Kier molecular flexibility index (Phi) is 7.38. The Morgan fingerprint density at radius 3 is 2.17 bits per heavy atom. The molecule has 0 N–H and O–H groups in total. The van der Waals surface area contributed by atoms with Crippen LogP contribution in [0.15, 0.2) is 66.7 Å². The third kappa shape index (κ3) is 5.57. The lowest BCUT2D eigenvalue weighted by molar-refractivity contribution is -0.151. The van der Waals surface area contributed by atoms with Crippen LogP contribution in [0.1, 0.15) is 34.8 Å². The van der Waals surface area contributed by atoms with E-state index in [-0.39, 0.29) is 24.7 Å². The minimum absolute atomic E-state index is 0.0309. The quantitative estimate of drug-likeness (QED) is 0.318. The van der Waals surface area contributed by atoms with Crippen molar-refractivity contribution in [3.05, 3.63) is 83.4 Å². The average molecular weight is 488 g/mol. The number of ether oxygens (including phenoxy) is 3. The molecule has 3 aromatic rings. The molecule has 36 heavy (non-hydrogen) atoms. The zero-order chi connectivity index (χ0) is 25.8. The summed E-state index contributed by atoms with van der Waals surface area (Å²) in [5.74, 6) is 0.329. The van der Waals surface area contributed by atoms with Gasteiger partial charge in [-0.05, 0) is 92.6 Å². The Hall–Kier alpha value is -4.13. The van der Waals surface area contributed by atoms with Crippen molar-refractivity contribution in [2.24, 2.45) is 5.92 Å². The molecule has 4 rings (SSSR count). The molecule has 0 aromatic heterocycles. The normalized spacial score (nSPS) is 15.9. The number of amides is 1. The number of nitrogens with zero attached hydrogens (tertiary/aromatic N) is 1. The van der Waals surface area contributed by atoms with Crippen LogP contribution in [-0.4, -0.2) is 37.4 Å². The predicted octanol–water partition coefficient (Wildman–Crippen LogP) is 5.27. The van der Waals surface area contributed by atoms with Crippen molar-refractivity contribution in [2.75, 3.05) is 18.6 Å². The van der Waals surface area contributed by atoms with E-state index in [1.165, 1.54) is 12.5 Å². The van der Waals surface area contributed by atoms with E-state index in [1.54, 1.807) is 60.5 Å². The van der Waals surface area contributed by atoms with E-state index in [9.17, 15) is 14.4 Å². The van der Waals surface area contributed by atoms with Crippen molar-refractivity contribution < 1.29 is 28.6 Å². The van der Waals surface area contributed by atoms with Gasteiger partial charge in [0, 0.05) is 24.2 Å². The molecule has 0 aliphatic carbocycles. The van der Waals surface area contributed by atoms with Gasteiger partial charge in [-0.2, -0.15) is 0 Å². The molecule has 7 nitrogen and oxygen atoms in total. The predicted molar refractivity (Wildman–Crippen MR) is 136 cm³/mol. The molecule has 1 aliphatic heterocycles. The summed E-state index contributed by atoms with van der Waals surface area (Å²) in [6.45, 7) is 5.80. The highest BCUT2D eigenvalue weighted by Crippen LogP contribution is 2.30. The zero-order valence-electron chi connectivity index (χ0n) is 20.8. The minimum Gasteiger partial charge on any atom is -0.497 e. The van der Waals surface area contributed by atoms with Crippen molar-refractivity contribution in [3.63, 3.8) is 0 Å². The SMILES string of the molecule is COc1ccc(C(=O)[C@@H](C)OC(=O)[C@@H]2CC(=O)N(c3ccc(Oc4ccc(C)c(C)c4)cc3)C2)cc1. The number of rotatable bonds is 8. The van der Waals surface area contributed by atoms with Crippen LogP contribution in [0.5, 0.6) is 17.2 Å². The van der Waals surface area contributed by atoms with Gasteiger partial charge in [0.25, 0.3) is 0 Å². The summed E-state index contributed by atoms with van der Waals surface area (Å²) in [7, 11) is 1.54. The Morgan fingerprint density at radius 1 is 0.889 bits per heavy atom. The van der Waals surface area contributed by atoms with Gasteiger partial charge in [-0.25, -0.2) is 0 Å². The first kappa shape index (κ1) is 25.0. The Morgan fingerprint density at radius 2 is 1.53 bits per heavy atom. The average Bonchev–Trinajstić information content (AvgIpc) is 3.28. The molecule has 0 saturated carbocycles. The third-order valence-corrected chi connectivity index (χ3v) is 6.36. The molecule has 0 unspecified atom stereocenters. The number of methoxy groups -OCH3 is 1. The van der Waals surface area contributed by atoms with E-state index >= 15 is 0 Å². The Balaban J connectivity index is 1.35. The first-order chi connectivity index (χ1) is 17.2. The largest absolute Gasteiger partial charge is 0.497 e. The van der Waals surface area contributed by atoms with Crippen molar-refractivity contribution in [2.45, 2.75) is 33.3 Å². The topological polar surface area (TPSA) is 82.1 Å². The number of aryl methyl sites for hydroxylation is 2. The van der Waals surface area contributed by atoms with Gasteiger partial charge in [-0.15, -0.1) is 0 Å². The molecule has 1 fully saturated rings. The monoisotopic (exact) mass is 487 g/mol. The molecule has 1 heterocycles. The van der Waals surface area contributed by atoms with E-state index < -0.39 is 18.0 Å². The maximum atomic E-state index is 12.7. The fourth-order valence-electron chi connectivity index (χ4n) is 4.04. The van der Waals surface area contributed by atoms with Crippen molar-refractivity contribution in [1.82, 2.24) is 0 Å². The molecule has 0 radical (unpaired) electrons. The van der Waals surface area contributed by atoms with Crippen LogP contribution >= 0.6 is 0 Å². The molecule has 0 bridgehead atoms. The zero-order valence-corrected chi connectivity index (χ0v) is 20.8. The smallest absolute Gasteiger partial charge is 0.312 e. The second-order valence-corrected chi connectivity index (χ2v) is 8.92. The van der Waals surface area contributed by atoms with Crippen LogP contribution < -0.4 is 14.4 Å². The maximum absolute atomic E-state index is 12.7. The number of carbonyl (C=O) groups is 3. The summed E-state index contributed by atoms with van der Waals surface area (Å²) in [6, 6.07) is 19.7. The summed E-state index contributed by atoms with van der Waals surface area (Å²) in [5.41, 5.74) is 3.43. The van der Waals surface area contributed by atoms with Gasteiger partial charge in [0.15, 0.2) is 6.10 Å². The maximum Gasteiger partial charge on any atom is 0.312 e. The van der Waals surface area contributed by atoms with Gasteiger partial charge in [0.1, 0.15) is 17.2 Å².